The summed E-state index contributed by atoms with van der Waals surface area (Å²) in [5, 5.41) is 2.48. The Kier molecular flexibility index (Phi) is 8.39. The fourth-order valence-electron chi connectivity index (χ4n) is 16.3. The minimum Gasteiger partial charge on any atom is -0.456 e. The third-order valence-corrected chi connectivity index (χ3v) is 20.2. The van der Waals surface area contributed by atoms with E-state index in [1.807, 2.05) is 0 Å². The fraction of sp³-hybridized carbons (Fsp3) is 0.508. The Bertz CT molecular complexity index is 3040. The molecular weight excluding hydrogens is 802 g/mol. The molecule has 13 rings (SSSR count). The van der Waals surface area contributed by atoms with Crippen LogP contribution in [0.2, 0.25) is 5.82 Å². The summed E-state index contributed by atoms with van der Waals surface area (Å²) in [6.07, 6.45) is 13.8. The van der Waals surface area contributed by atoms with E-state index in [9.17, 15) is 0 Å². The monoisotopic (exact) mass is 874 g/mol. The number of benzene rings is 5. The van der Waals surface area contributed by atoms with Gasteiger partial charge in [0.05, 0.1) is 16.6 Å². The van der Waals surface area contributed by atoms with Crippen LogP contribution in [0.15, 0.2) is 89.3 Å². The first kappa shape index (κ1) is 41.5. The third kappa shape index (κ3) is 5.14. The average Bonchev–Trinajstić information content (AvgIpc) is 3.83. The Hall–Kier alpha value is -4.64. The van der Waals surface area contributed by atoms with Crippen LogP contribution < -0.4 is 25.6 Å². The molecule has 5 heteroatoms. The summed E-state index contributed by atoms with van der Waals surface area (Å²) < 4.78 is 6.74. The molecule has 0 bridgehead atoms. The van der Waals surface area contributed by atoms with Crippen molar-refractivity contribution < 1.29 is 4.42 Å². The highest BCUT2D eigenvalue weighted by Gasteiger charge is 2.64. The van der Waals surface area contributed by atoms with Crippen molar-refractivity contribution >= 4 is 68.0 Å². The van der Waals surface area contributed by atoms with Gasteiger partial charge in [0.15, 0.2) is 0 Å². The molecule has 3 saturated carbocycles. The Balaban J connectivity index is 1.07. The molecule has 1 aromatic heterocycles. The topological polar surface area (TPSA) is 22.9 Å². The smallest absolute Gasteiger partial charge is 0.222 e. The molecule has 3 fully saturated rings. The van der Waals surface area contributed by atoms with Crippen LogP contribution in [0.4, 0.5) is 28.4 Å². The average molecular weight is 874 g/mol. The zero-order chi connectivity index (χ0) is 45.7. The van der Waals surface area contributed by atoms with Crippen molar-refractivity contribution in [3.8, 4) is 0 Å². The maximum absolute atomic E-state index is 6.74. The van der Waals surface area contributed by atoms with E-state index in [2.05, 4.69) is 176 Å². The molecule has 7 aliphatic rings. The Morgan fingerprint density at radius 1 is 0.621 bits per heavy atom. The zero-order valence-electron chi connectivity index (χ0n) is 41.9. The summed E-state index contributed by atoms with van der Waals surface area (Å²) in [6.45, 7) is 27.9. The number of para-hydroxylation sites is 1. The minimum atomic E-state index is 0.00355. The van der Waals surface area contributed by atoms with Gasteiger partial charge in [0, 0.05) is 56.6 Å². The van der Waals surface area contributed by atoms with Gasteiger partial charge in [0.25, 0.3) is 0 Å². The highest BCUT2D eigenvalue weighted by Crippen LogP contribution is 2.65. The summed E-state index contributed by atoms with van der Waals surface area (Å²) in [5.74, 6) is 0.448. The highest BCUT2D eigenvalue weighted by atomic mass is 16.3. The molecule has 66 heavy (non-hydrogen) atoms. The maximum atomic E-state index is 6.74. The lowest BCUT2D eigenvalue weighted by Crippen LogP contribution is -2.67. The van der Waals surface area contributed by atoms with E-state index < -0.39 is 0 Å². The van der Waals surface area contributed by atoms with Crippen LogP contribution in [0.25, 0.3) is 21.9 Å². The number of nitrogens with zero attached hydrogens (tertiary/aromatic N) is 3. The molecule has 0 spiro atoms. The van der Waals surface area contributed by atoms with Crippen LogP contribution >= 0.6 is 0 Å². The second-order valence-electron chi connectivity index (χ2n) is 25.5. The van der Waals surface area contributed by atoms with E-state index in [1.165, 1.54) is 114 Å². The van der Waals surface area contributed by atoms with Gasteiger partial charge in [-0.05, 0) is 151 Å². The molecule has 6 aromatic rings. The van der Waals surface area contributed by atoms with Gasteiger partial charge < -0.3 is 19.1 Å². The van der Waals surface area contributed by atoms with Crippen LogP contribution in [0, 0.1) is 6.92 Å². The van der Waals surface area contributed by atoms with Crippen LogP contribution in [0.1, 0.15) is 168 Å². The van der Waals surface area contributed by atoms with Crippen molar-refractivity contribution in [1.29, 1.82) is 0 Å². The van der Waals surface area contributed by atoms with Crippen LogP contribution in [0.3, 0.4) is 0 Å². The molecule has 0 saturated heterocycles. The van der Waals surface area contributed by atoms with Crippen molar-refractivity contribution in [2.45, 2.75) is 197 Å². The predicted molar refractivity (Wildman–Crippen MR) is 281 cm³/mol. The molecule has 7 atom stereocenters. The fourth-order valence-corrected chi connectivity index (χ4v) is 16.3. The number of hydrogen-bond acceptors (Lipinski definition) is 4. The van der Waals surface area contributed by atoms with Gasteiger partial charge >= 0.3 is 0 Å². The van der Waals surface area contributed by atoms with E-state index in [4.69, 9.17) is 4.42 Å². The molecule has 3 aliphatic carbocycles. The van der Waals surface area contributed by atoms with Gasteiger partial charge in [-0.1, -0.05) is 136 Å². The highest BCUT2D eigenvalue weighted by molar-refractivity contribution is 6.91. The number of furan rings is 1. The van der Waals surface area contributed by atoms with Crippen molar-refractivity contribution in [3.63, 3.8) is 0 Å². The normalized spacial score (nSPS) is 30.9. The quantitative estimate of drug-likeness (QED) is 0.162. The number of aryl methyl sites for hydroxylation is 1. The van der Waals surface area contributed by atoms with E-state index in [1.54, 1.807) is 27.7 Å². The number of fused-ring (bicyclic) bond motifs is 13. The summed E-state index contributed by atoms with van der Waals surface area (Å²) >= 11 is 0. The van der Waals surface area contributed by atoms with Crippen LogP contribution in [-0.2, 0) is 21.7 Å². The first-order valence-corrected chi connectivity index (χ1v) is 26.1. The van der Waals surface area contributed by atoms with Gasteiger partial charge in [-0.2, -0.15) is 0 Å². The van der Waals surface area contributed by atoms with Crippen LogP contribution in [-0.4, -0.2) is 29.9 Å². The lowest BCUT2D eigenvalue weighted by molar-refractivity contribution is 0.163. The van der Waals surface area contributed by atoms with Gasteiger partial charge in [-0.15, -0.1) is 0 Å². The van der Waals surface area contributed by atoms with Gasteiger partial charge in [0.1, 0.15) is 11.2 Å². The second-order valence-corrected chi connectivity index (χ2v) is 25.5. The Morgan fingerprint density at radius 2 is 1.29 bits per heavy atom. The SMILES string of the molecule is Cc1cc2c3c(c1)N1c4c(cc(C(C)(C)C)cc4C4(C)CCCCC14C)B3C1CCC(N3c4ccc(C(C)(C)C)cc4C4(C)CCCCC34C)CC1N2c1cccc2oc3ccccc3c12. The summed E-state index contributed by atoms with van der Waals surface area (Å²) in [4.78, 5) is 8.92. The molecule has 5 aromatic carbocycles. The zero-order valence-corrected chi connectivity index (χ0v) is 41.9. The molecular formula is C61H72BN3O. The van der Waals surface area contributed by atoms with Gasteiger partial charge in [-0.3, -0.25) is 0 Å². The first-order valence-electron chi connectivity index (χ1n) is 26.1. The number of hydrogen-bond donors (Lipinski definition) is 0. The summed E-state index contributed by atoms with van der Waals surface area (Å²) in [5.41, 5.74) is 20.5. The van der Waals surface area contributed by atoms with E-state index in [0.717, 1.165) is 17.6 Å². The third-order valence-electron chi connectivity index (χ3n) is 20.2. The van der Waals surface area contributed by atoms with Gasteiger partial charge in [-0.25, -0.2) is 0 Å². The first-order chi connectivity index (χ1) is 31.4. The summed E-state index contributed by atoms with van der Waals surface area (Å²) in [6, 6.07) is 34.7. The molecule has 4 nitrogen and oxygen atoms in total. The molecule has 4 aliphatic heterocycles. The Labute approximate surface area is 395 Å². The number of rotatable bonds is 2. The largest absolute Gasteiger partial charge is 0.456 e. The number of anilines is 5. The minimum absolute atomic E-state index is 0.00355. The van der Waals surface area contributed by atoms with Crippen molar-refractivity contribution in [3.05, 3.63) is 113 Å². The van der Waals surface area contributed by atoms with E-state index in [-0.39, 0.29) is 32.7 Å². The van der Waals surface area contributed by atoms with Crippen molar-refractivity contribution in [2.75, 3.05) is 14.7 Å². The molecule has 5 heterocycles. The molecule has 340 valence electrons. The van der Waals surface area contributed by atoms with E-state index >= 15 is 0 Å². The van der Waals surface area contributed by atoms with E-state index in [0.29, 0.717) is 24.6 Å². The molecule has 0 amide bonds. The summed E-state index contributed by atoms with van der Waals surface area (Å²) in [7, 11) is 0. The lowest BCUT2D eigenvalue weighted by Gasteiger charge is -2.58. The molecule has 0 N–H and O–H groups in total. The Morgan fingerprint density at radius 3 is 2.05 bits per heavy atom. The van der Waals surface area contributed by atoms with Crippen molar-refractivity contribution in [2.24, 2.45) is 0 Å². The predicted octanol–water partition coefficient (Wildman–Crippen LogP) is 14.7. The standard InChI is InChI=1S/C61H72BN3O/c1-37-31-49-54-50(32-37)65-55-43(59(9)28-15-17-30-61(59,65)11)34-39(57(5,6)7)35-45(55)62(54)44-25-24-40(36-48(44)63(49)47-20-18-22-52-53(47)41-19-12-13-21-51(41)66-52)64-46-26-23-38(56(2,3)4)33-42(46)58(8)27-14-16-29-60(58,64)10/h12-13,18-23,26,31-35,40,44,48H,14-17,24-25,27-30,36H2,1-11H3. The molecule has 0 radical (unpaired) electrons. The second kappa shape index (κ2) is 13.3. The lowest BCUT2D eigenvalue weighted by atomic mass is 9.27. The maximum Gasteiger partial charge on any atom is 0.222 e. The van der Waals surface area contributed by atoms with Crippen molar-refractivity contribution in [1.82, 2.24) is 0 Å². The van der Waals surface area contributed by atoms with Gasteiger partial charge in [0.2, 0.25) is 6.71 Å². The van der Waals surface area contributed by atoms with Crippen LogP contribution in [0.5, 0.6) is 0 Å². The molecule has 7 unspecified atom stereocenters.